The van der Waals surface area contributed by atoms with Crippen LogP contribution >= 0.6 is 11.3 Å². The summed E-state index contributed by atoms with van der Waals surface area (Å²) in [5.41, 5.74) is 3.89. The highest BCUT2D eigenvalue weighted by Gasteiger charge is 2.11. The van der Waals surface area contributed by atoms with E-state index in [1.54, 1.807) is 11.3 Å². The predicted molar refractivity (Wildman–Crippen MR) is 63.3 cm³/mol. The van der Waals surface area contributed by atoms with E-state index in [4.69, 9.17) is 4.52 Å². The average molecular weight is 237 g/mol. The number of rotatable bonds is 4. The van der Waals surface area contributed by atoms with Gasteiger partial charge >= 0.3 is 0 Å². The number of nitrogens with one attached hydrogen (secondary N) is 1. The highest BCUT2D eigenvalue weighted by Crippen LogP contribution is 2.21. The highest BCUT2D eigenvalue weighted by atomic mass is 32.1. The molecule has 4 nitrogen and oxygen atoms in total. The Kier molecular flexibility index (Phi) is 3.36. The number of aryl methyl sites for hydroxylation is 2. The Morgan fingerprint density at radius 1 is 1.50 bits per heavy atom. The van der Waals surface area contributed by atoms with E-state index < -0.39 is 0 Å². The number of hydrogen-bond acceptors (Lipinski definition) is 5. The third-order valence-electron chi connectivity index (χ3n) is 2.44. The van der Waals surface area contributed by atoms with Gasteiger partial charge in [-0.2, -0.15) is 0 Å². The summed E-state index contributed by atoms with van der Waals surface area (Å²) in [6.45, 7) is 6.77. The molecule has 1 atom stereocenters. The minimum absolute atomic E-state index is 0.290. The molecule has 0 aliphatic heterocycles. The van der Waals surface area contributed by atoms with Crippen molar-refractivity contribution < 1.29 is 4.52 Å². The SMILES string of the molecule is Cc1cc(CNC(C)c2scnc2C)on1. The van der Waals surface area contributed by atoms with Gasteiger partial charge in [-0.1, -0.05) is 5.16 Å². The van der Waals surface area contributed by atoms with Gasteiger partial charge in [-0.25, -0.2) is 4.98 Å². The Morgan fingerprint density at radius 3 is 2.88 bits per heavy atom. The molecule has 0 spiro atoms. The summed E-state index contributed by atoms with van der Waals surface area (Å²) in [6, 6.07) is 2.23. The van der Waals surface area contributed by atoms with Crippen LogP contribution in [0.15, 0.2) is 16.1 Å². The van der Waals surface area contributed by atoms with E-state index in [0.29, 0.717) is 6.54 Å². The van der Waals surface area contributed by atoms with Crippen LogP contribution in [-0.2, 0) is 6.54 Å². The summed E-state index contributed by atoms with van der Waals surface area (Å²) in [5.74, 6) is 0.867. The van der Waals surface area contributed by atoms with Gasteiger partial charge in [-0.15, -0.1) is 11.3 Å². The fourth-order valence-electron chi connectivity index (χ4n) is 1.57. The van der Waals surface area contributed by atoms with Crippen molar-refractivity contribution in [3.05, 3.63) is 33.6 Å². The van der Waals surface area contributed by atoms with Crippen molar-refractivity contribution in [1.82, 2.24) is 15.5 Å². The van der Waals surface area contributed by atoms with Crippen LogP contribution in [0.25, 0.3) is 0 Å². The topological polar surface area (TPSA) is 51.0 Å². The fourth-order valence-corrected chi connectivity index (χ4v) is 2.41. The van der Waals surface area contributed by atoms with Gasteiger partial charge in [0.15, 0.2) is 5.76 Å². The molecule has 0 fully saturated rings. The average Bonchev–Trinajstić information content (AvgIpc) is 2.84. The second-order valence-electron chi connectivity index (χ2n) is 3.84. The quantitative estimate of drug-likeness (QED) is 0.888. The van der Waals surface area contributed by atoms with Crippen molar-refractivity contribution in [3.8, 4) is 0 Å². The van der Waals surface area contributed by atoms with Gasteiger partial charge in [0.1, 0.15) is 0 Å². The molecule has 0 aliphatic carbocycles. The molecule has 0 bridgehead atoms. The summed E-state index contributed by atoms with van der Waals surface area (Å²) in [7, 11) is 0. The molecule has 0 radical (unpaired) electrons. The van der Waals surface area contributed by atoms with Crippen LogP contribution in [0.3, 0.4) is 0 Å². The number of hydrogen-bond donors (Lipinski definition) is 1. The van der Waals surface area contributed by atoms with Crippen LogP contribution in [-0.4, -0.2) is 10.1 Å². The molecule has 0 aliphatic rings. The normalized spacial score (nSPS) is 12.9. The second-order valence-corrected chi connectivity index (χ2v) is 4.73. The maximum Gasteiger partial charge on any atom is 0.150 e. The molecule has 0 saturated carbocycles. The van der Waals surface area contributed by atoms with Gasteiger partial charge in [-0.05, 0) is 20.8 Å². The first-order valence-electron chi connectivity index (χ1n) is 5.22. The Labute approximate surface area is 98.7 Å². The van der Waals surface area contributed by atoms with E-state index in [0.717, 1.165) is 17.1 Å². The van der Waals surface area contributed by atoms with Crippen LogP contribution in [0, 0.1) is 13.8 Å². The molecular weight excluding hydrogens is 222 g/mol. The Bertz CT molecular complexity index is 463. The maximum absolute atomic E-state index is 5.14. The first-order valence-corrected chi connectivity index (χ1v) is 6.10. The zero-order valence-electron chi connectivity index (χ0n) is 9.65. The maximum atomic E-state index is 5.14. The van der Waals surface area contributed by atoms with E-state index >= 15 is 0 Å². The van der Waals surface area contributed by atoms with Crippen molar-refractivity contribution >= 4 is 11.3 Å². The van der Waals surface area contributed by atoms with Crippen molar-refractivity contribution in [1.29, 1.82) is 0 Å². The fraction of sp³-hybridized carbons (Fsp3) is 0.455. The van der Waals surface area contributed by atoms with Crippen LogP contribution in [0.1, 0.15) is 35.0 Å². The Hall–Kier alpha value is -1.20. The molecule has 0 amide bonds. The number of nitrogens with zero attached hydrogens (tertiary/aromatic N) is 2. The van der Waals surface area contributed by atoms with Crippen molar-refractivity contribution in [3.63, 3.8) is 0 Å². The van der Waals surface area contributed by atoms with Crippen molar-refractivity contribution in [2.24, 2.45) is 0 Å². The highest BCUT2D eigenvalue weighted by molar-refractivity contribution is 7.09. The summed E-state index contributed by atoms with van der Waals surface area (Å²) in [5, 5.41) is 7.24. The monoisotopic (exact) mass is 237 g/mol. The third-order valence-corrected chi connectivity index (χ3v) is 3.55. The molecule has 2 heterocycles. The molecule has 2 aromatic heterocycles. The van der Waals surface area contributed by atoms with Gasteiger partial charge in [0.25, 0.3) is 0 Å². The molecule has 16 heavy (non-hydrogen) atoms. The molecule has 1 unspecified atom stereocenters. The molecule has 0 saturated heterocycles. The first kappa shape index (κ1) is 11.3. The summed E-state index contributed by atoms with van der Waals surface area (Å²) >= 11 is 1.68. The first-order chi connectivity index (χ1) is 7.66. The zero-order valence-corrected chi connectivity index (χ0v) is 10.5. The number of thiazole rings is 1. The Balaban J connectivity index is 1.93. The lowest BCUT2D eigenvalue weighted by Crippen LogP contribution is -2.17. The molecule has 0 aromatic carbocycles. The van der Waals surface area contributed by atoms with E-state index in [1.165, 1.54) is 4.88 Å². The molecule has 2 aromatic rings. The summed E-state index contributed by atoms with van der Waals surface area (Å²) in [4.78, 5) is 5.51. The lowest BCUT2D eigenvalue weighted by molar-refractivity contribution is 0.363. The van der Waals surface area contributed by atoms with Crippen LogP contribution in [0.4, 0.5) is 0 Å². The van der Waals surface area contributed by atoms with Gasteiger partial charge in [-0.3, -0.25) is 0 Å². The minimum atomic E-state index is 0.290. The predicted octanol–water partition coefficient (Wildman–Crippen LogP) is 2.60. The van der Waals surface area contributed by atoms with Crippen molar-refractivity contribution in [2.75, 3.05) is 0 Å². The summed E-state index contributed by atoms with van der Waals surface area (Å²) < 4.78 is 5.14. The van der Waals surface area contributed by atoms with E-state index in [9.17, 15) is 0 Å². The lowest BCUT2D eigenvalue weighted by Gasteiger charge is -2.10. The van der Waals surface area contributed by atoms with Crippen LogP contribution < -0.4 is 5.32 Å². The smallest absolute Gasteiger partial charge is 0.150 e. The van der Waals surface area contributed by atoms with Crippen LogP contribution in [0.5, 0.6) is 0 Å². The van der Waals surface area contributed by atoms with Crippen molar-refractivity contribution in [2.45, 2.75) is 33.4 Å². The van der Waals surface area contributed by atoms with E-state index in [1.807, 2.05) is 25.4 Å². The van der Waals surface area contributed by atoms with Gasteiger partial charge in [0.05, 0.1) is 23.4 Å². The Morgan fingerprint density at radius 2 is 2.31 bits per heavy atom. The van der Waals surface area contributed by atoms with E-state index in [2.05, 4.69) is 22.4 Å². The third kappa shape index (κ3) is 2.48. The van der Waals surface area contributed by atoms with E-state index in [-0.39, 0.29) is 6.04 Å². The largest absolute Gasteiger partial charge is 0.360 e. The standard InChI is InChI=1S/C11H15N3OS/c1-7-4-10(15-14-7)5-12-8(2)11-9(3)13-6-16-11/h4,6,8,12H,5H2,1-3H3. The van der Waals surface area contributed by atoms with Gasteiger partial charge < -0.3 is 9.84 Å². The zero-order chi connectivity index (χ0) is 11.5. The molecular formula is C11H15N3OS. The molecule has 5 heteroatoms. The molecule has 2 rings (SSSR count). The van der Waals surface area contributed by atoms with Gasteiger partial charge in [0, 0.05) is 17.0 Å². The lowest BCUT2D eigenvalue weighted by atomic mass is 10.2. The molecule has 86 valence electrons. The summed E-state index contributed by atoms with van der Waals surface area (Å²) in [6.07, 6.45) is 0. The van der Waals surface area contributed by atoms with Crippen LogP contribution in [0.2, 0.25) is 0 Å². The minimum Gasteiger partial charge on any atom is -0.360 e. The second kappa shape index (κ2) is 4.76. The number of aromatic nitrogens is 2. The van der Waals surface area contributed by atoms with Gasteiger partial charge in [0.2, 0.25) is 0 Å². The molecule has 1 N–H and O–H groups in total.